The number of sulfonamides is 1. The van der Waals surface area contributed by atoms with Gasteiger partial charge >= 0.3 is 0 Å². The molecule has 0 heterocycles. The second-order valence-corrected chi connectivity index (χ2v) is 6.66. The average Bonchev–Trinajstić information content (AvgIpc) is 2.98. The molecule has 0 saturated heterocycles. The highest BCUT2D eigenvalue weighted by molar-refractivity contribution is 7.89. The third-order valence-electron chi connectivity index (χ3n) is 3.02. The van der Waals surface area contributed by atoms with Crippen LogP contribution < -0.4 is 10.5 Å². The highest BCUT2D eigenvalue weighted by atomic mass is 32.2. The van der Waals surface area contributed by atoms with Gasteiger partial charge in [0.25, 0.3) is 0 Å². The Balaban J connectivity index is 2.28. The van der Waals surface area contributed by atoms with Gasteiger partial charge in [0.05, 0.1) is 5.75 Å². The Bertz CT molecular complexity index is 280. The van der Waals surface area contributed by atoms with Crippen LogP contribution in [0.5, 0.6) is 0 Å². The van der Waals surface area contributed by atoms with E-state index in [0.717, 1.165) is 32.1 Å². The van der Waals surface area contributed by atoms with Gasteiger partial charge < -0.3 is 5.73 Å². The predicted molar refractivity (Wildman–Crippen MR) is 66.6 cm³/mol. The van der Waals surface area contributed by atoms with Crippen molar-refractivity contribution in [2.24, 2.45) is 17.6 Å². The van der Waals surface area contributed by atoms with Crippen LogP contribution in [0, 0.1) is 11.8 Å². The van der Waals surface area contributed by atoms with Crippen LogP contribution in [0.1, 0.15) is 39.0 Å². The Labute approximate surface area is 99.0 Å². The fourth-order valence-corrected chi connectivity index (χ4v) is 3.45. The molecule has 1 rings (SSSR count). The van der Waals surface area contributed by atoms with E-state index in [0.29, 0.717) is 30.7 Å². The molecule has 4 nitrogen and oxygen atoms in total. The summed E-state index contributed by atoms with van der Waals surface area (Å²) >= 11 is 0. The maximum atomic E-state index is 11.7. The molecule has 1 aliphatic rings. The van der Waals surface area contributed by atoms with Crippen LogP contribution in [-0.4, -0.2) is 27.3 Å². The van der Waals surface area contributed by atoms with Gasteiger partial charge in [0, 0.05) is 6.54 Å². The Hall–Kier alpha value is -0.130. The summed E-state index contributed by atoms with van der Waals surface area (Å²) in [7, 11) is -3.04. The lowest BCUT2D eigenvalue weighted by Crippen LogP contribution is -2.32. The van der Waals surface area contributed by atoms with Crippen molar-refractivity contribution in [3.05, 3.63) is 0 Å². The molecule has 0 aromatic rings. The highest BCUT2D eigenvalue weighted by Crippen LogP contribution is 2.29. The van der Waals surface area contributed by atoms with Gasteiger partial charge in [-0.2, -0.15) is 0 Å². The van der Waals surface area contributed by atoms with E-state index in [4.69, 9.17) is 5.73 Å². The summed E-state index contributed by atoms with van der Waals surface area (Å²) < 4.78 is 26.0. The molecule has 5 heteroatoms. The molecular weight excluding hydrogens is 224 g/mol. The monoisotopic (exact) mass is 248 g/mol. The fourth-order valence-electron chi connectivity index (χ4n) is 1.89. The van der Waals surface area contributed by atoms with Crippen molar-refractivity contribution in [1.82, 2.24) is 4.72 Å². The van der Waals surface area contributed by atoms with E-state index in [1.54, 1.807) is 0 Å². The molecule has 16 heavy (non-hydrogen) atoms. The first-order chi connectivity index (χ1) is 7.57. The largest absolute Gasteiger partial charge is 0.330 e. The zero-order valence-electron chi connectivity index (χ0n) is 10.1. The standard InChI is InChI=1S/C11H24N2O2S/c1-2-3-10(6-7-12)8-13-16(14,15)9-11-4-5-11/h10-11,13H,2-9,12H2,1H3. The third-order valence-corrected chi connectivity index (χ3v) is 4.53. The zero-order valence-corrected chi connectivity index (χ0v) is 10.9. The topological polar surface area (TPSA) is 72.2 Å². The van der Waals surface area contributed by atoms with Crippen LogP contribution in [-0.2, 0) is 10.0 Å². The first kappa shape index (κ1) is 13.9. The number of hydrogen-bond acceptors (Lipinski definition) is 3. The van der Waals surface area contributed by atoms with E-state index in [1.165, 1.54) is 0 Å². The minimum atomic E-state index is -3.04. The average molecular weight is 248 g/mol. The number of nitrogens with two attached hydrogens (primary N) is 1. The Morgan fingerprint density at radius 2 is 2.06 bits per heavy atom. The van der Waals surface area contributed by atoms with E-state index in [2.05, 4.69) is 11.6 Å². The molecular formula is C11H24N2O2S. The Kier molecular flexibility index (Phi) is 5.72. The van der Waals surface area contributed by atoms with Gasteiger partial charge in [0.2, 0.25) is 10.0 Å². The second-order valence-electron chi connectivity index (χ2n) is 4.81. The lowest BCUT2D eigenvalue weighted by molar-refractivity contribution is 0.443. The molecule has 1 fully saturated rings. The highest BCUT2D eigenvalue weighted by Gasteiger charge is 2.28. The van der Waals surface area contributed by atoms with Crippen molar-refractivity contribution >= 4 is 10.0 Å². The van der Waals surface area contributed by atoms with E-state index in [-0.39, 0.29) is 0 Å². The maximum Gasteiger partial charge on any atom is 0.211 e. The molecule has 96 valence electrons. The van der Waals surface area contributed by atoms with Gasteiger partial charge in [0.1, 0.15) is 0 Å². The normalized spacial score (nSPS) is 18.6. The van der Waals surface area contributed by atoms with Crippen LogP contribution >= 0.6 is 0 Å². The molecule has 1 saturated carbocycles. The van der Waals surface area contributed by atoms with Gasteiger partial charge in [-0.05, 0) is 44.1 Å². The molecule has 0 radical (unpaired) electrons. The molecule has 0 aromatic carbocycles. The first-order valence-electron chi connectivity index (χ1n) is 6.24. The molecule has 0 bridgehead atoms. The van der Waals surface area contributed by atoms with E-state index in [1.807, 2.05) is 0 Å². The molecule has 0 amide bonds. The molecule has 0 aliphatic heterocycles. The van der Waals surface area contributed by atoms with Crippen molar-refractivity contribution in [3.63, 3.8) is 0 Å². The summed E-state index contributed by atoms with van der Waals surface area (Å²) in [6.45, 7) is 3.30. The lowest BCUT2D eigenvalue weighted by Gasteiger charge is -2.15. The van der Waals surface area contributed by atoms with Gasteiger partial charge in [-0.15, -0.1) is 0 Å². The number of hydrogen-bond donors (Lipinski definition) is 2. The van der Waals surface area contributed by atoms with Crippen molar-refractivity contribution in [1.29, 1.82) is 0 Å². The molecule has 1 atom stereocenters. The fraction of sp³-hybridized carbons (Fsp3) is 1.00. The van der Waals surface area contributed by atoms with Gasteiger partial charge in [0.15, 0.2) is 0 Å². The van der Waals surface area contributed by atoms with Crippen LogP contribution in [0.15, 0.2) is 0 Å². The summed E-state index contributed by atoms with van der Waals surface area (Å²) in [5.41, 5.74) is 5.51. The van der Waals surface area contributed by atoms with E-state index >= 15 is 0 Å². The summed E-state index contributed by atoms with van der Waals surface area (Å²) in [4.78, 5) is 0. The van der Waals surface area contributed by atoms with Gasteiger partial charge in [-0.25, -0.2) is 13.1 Å². The quantitative estimate of drug-likeness (QED) is 0.641. The number of rotatable bonds is 9. The summed E-state index contributed by atoms with van der Waals surface area (Å²) in [5.74, 6) is 1.12. The Morgan fingerprint density at radius 3 is 2.56 bits per heavy atom. The second kappa shape index (κ2) is 6.57. The first-order valence-corrected chi connectivity index (χ1v) is 7.90. The summed E-state index contributed by atoms with van der Waals surface area (Å²) in [5, 5.41) is 0. The zero-order chi connectivity index (χ0) is 12.0. The lowest BCUT2D eigenvalue weighted by atomic mass is 10.0. The van der Waals surface area contributed by atoms with E-state index in [9.17, 15) is 8.42 Å². The summed E-state index contributed by atoms with van der Waals surface area (Å²) in [6, 6.07) is 0. The van der Waals surface area contributed by atoms with Crippen LogP contribution in [0.3, 0.4) is 0 Å². The van der Waals surface area contributed by atoms with Crippen molar-refractivity contribution < 1.29 is 8.42 Å². The predicted octanol–water partition coefficient (Wildman–Crippen LogP) is 1.08. The van der Waals surface area contributed by atoms with Crippen LogP contribution in [0.4, 0.5) is 0 Å². The molecule has 3 N–H and O–H groups in total. The third kappa shape index (κ3) is 5.82. The molecule has 1 aliphatic carbocycles. The molecule has 1 unspecified atom stereocenters. The van der Waals surface area contributed by atoms with Crippen molar-refractivity contribution in [3.8, 4) is 0 Å². The maximum absolute atomic E-state index is 11.7. The minimum absolute atomic E-state index is 0.314. The number of nitrogens with one attached hydrogen (secondary N) is 1. The van der Waals surface area contributed by atoms with Crippen LogP contribution in [0.25, 0.3) is 0 Å². The summed E-state index contributed by atoms with van der Waals surface area (Å²) in [6.07, 6.45) is 5.17. The van der Waals surface area contributed by atoms with Crippen LogP contribution in [0.2, 0.25) is 0 Å². The SMILES string of the molecule is CCCC(CCN)CNS(=O)(=O)CC1CC1. The van der Waals surface area contributed by atoms with Gasteiger partial charge in [-0.1, -0.05) is 13.3 Å². The van der Waals surface area contributed by atoms with Crippen molar-refractivity contribution in [2.45, 2.75) is 39.0 Å². The van der Waals surface area contributed by atoms with Crippen molar-refractivity contribution in [2.75, 3.05) is 18.8 Å². The smallest absolute Gasteiger partial charge is 0.211 e. The van der Waals surface area contributed by atoms with E-state index < -0.39 is 10.0 Å². The molecule has 0 aromatic heterocycles. The van der Waals surface area contributed by atoms with Gasteiger partial charge in [-0.3, -0.25) is 0 Å². The Morgan fingerprint density at radius 1 is 1.38 bits per heavy atom. The molecule has 0 spiro atoms. The minimum Gasteiger partial charge on any atom is -0.330 e.